The summed E-state index contributed by atoms with van der Waals surface area (Å²) in [7, 11) is 0. The number of hydrogen-bond donors (Lipinski definition) is 0. The number of carbonyl (C=O) groups excluding carboxylic acids is 1. The molecular weight excluding hydrogens is 254 g/mol. The molecule has 0 radical (unpaired) electrons. The Morgan fingerprint density at radius 3 is 2.90 bits per heavy atom. The van der Waals surface area contributed by atoms with Gasteiger partial charge in [-0.05, 0) is 31.0 Å². The smallest absolute Gasteiger partial charge is 0.267 e. The van der Waals surface area contributed by atoms with Crippen LogP contribution in [0.5, 0.6) is 0 Å². The predicted octanol–water partition coefficient (Wildman–Crippen LogP) is 1.14. The Bertz CT molecular complexity index is 721. The Hall–Kier alpha value is -2.43. The summed E-state index contributed by atoms with van der Waals surface area (Å²) >= 11 is 0. The van der Waals surface area contributed by atoms with Gasteiger partial charge in [0.05, 0.1) is 5.69 Å². The zero-order valence-electron chi connectivity index (χ0n) is 11.2. The lowest BCUT2D eigenvalue weighted by molar-refractivity contribution is -0.119. The largest absolute Gasteiger partial charge is 0.310 e. The monoisotopic (exact) mass is 269 g/mol. The Kier molecular flexibility index (Phi) is 3.10. The predicted molar refractivity (Wildman–Crippen MR) is 75.7 cm³/mol. The Balaban J connectivity index is 1.85. The third-order valence-electron chi connectivity index (χ3n) is 3.47. The van der Waals surface area contributed by atoms with Crippen molar-refractivity contribution >= 4 is 11.6 Å². The summed E-state index contributed by atoms with van der Waals surface area (Å²) in [5, 5.41) is 4.10. The first-order chi connectivity index (χ1) is 9.65. The lowest BCUT2D eigenvalue weighted by Crippen LogP contribution is -2.36. The zero-order valence-corrected chi connectivity index (χ0v) is 11.2. The molecular formula is C15H15N3O2. The Morgan fingerprint density at radius 1 is 1.25 bits per heavy atom. The van der Waals surface area contributed by atoms with Crippen LogP contribution in [0.25, 0.3) is 0 Å². The molecule has 0 fully saturated rings. The zero-order chi connectivity index (χ0) is 14.1. The highest BCUT2D eigenvalue weighted by molar-refractivity contribution is 5.95. The number of aryl methyl sites for hydroxylation is 1. The van der Waals surface area contributed by atoms with E-state index in [1.54, 1.807) is 17.9 Å². The molecule has 0 spiro atoms. The molecule has 1 aromatic heterocycles. The molecule has 1 aromatic carbocycles. The van der Waals surface area contributed by atoms with Crippen molar-refractivity contribution in [3.63, 3.8) is 0 Å². The van der Waals surface area contributed by atoms with Gasteiger partial charge in [0, 0.05) is 18.3 Å². The van der Waals surface area contributed by atoms with Gasteiger partial charge in [0.15, 0.2) is 0 Å². The maximum atomic E-state index is 12.4. The minimum absolute atomic E-state index is 0.0190. The van der Waals surface area contributed by atoms with Crippen LogP contribution in [0.4, 0.5) is 5.69 Å². The van der Waals surface area contributed by atoms with Crippen molar-refractivity contribution in [2.75, 3.05) is 11.4 Å². The van der Waals surface area contributed by atoms with Crippen molar-refractivity contribution in [2.24, 2.45) is 0 Å². The third-order valence-corrected chi connectivity index (χ3v) is 3.47. The van der Waals surface area contributed by atoms with Crippen LogP contribution >= 0.6 is 0 Å². The molecule has 0 atom stereocenters. The molecule has 0 unspecified atom stereocenters. The fourth-order valence-corrected chi connectivity index (χ4v) is 2.48. The molecule has 102 valence electrons. The Labute approximate surface area is 116 Å². The molecule has 0 saturated carbocycles. The molecule has 2 heterocycles. The van der Waals surface area contributed by atoms with Crippen LogP contribution in [0, 0.1) is 6.92 Å². The van der Waals surface area contributed by atoms with E-state index in [-0.39, 0.29) is 18.0 Å². The van der Waals surface area contributed by atoms with Gasteiger partial charge in [-0.25, -0.2) is 4.68 Å². The fraction of sp³-hybridized carbons (Fsp3) is 0.267. The summed E-state index contributed by atoms with van der Waals surface area (Å²) in [6.07, 6.45) is 0.859. The van der Waals surface area contributed by atoms with Crippen molar-refractivity contribution in [1.82, 2.24) is 9.78 Å². The first-order valence-corrected chi connectivity index (χ1v) is 6.58. The van der Waals surface area contributed by atoms with E-state index in [2.05, 4.69) is 5.10 Å². The second-order valence-electron chi connectivity index (χ2n) is 4.89. The minimum atomic E-state index is -0.253. The number of benzene rings is 1. The average molecular weight is 269 g/mol. The first kappa shape index (κ1) is 12.6. The van der Waals surface area contributed by atoms with Gasteiger partial charge in [-0.15, -0.1) is 0 Å². The number of fused-ring (bicyclic) bond motifs is 1. The molecule has 0 N–H and O–H groups in total. The summed E-state index contributed by atoms with van der Waals surface area (Å²) < 4.78 is 1.22. The maximum Gasteiger partial charge on any atom is 0.267 e. The first-order valence-electron chi connectivity index (χ1n) is 6.58. The molecule has 1 aliphatic rings. The van der Waals surface area contributed by atoms with E-state index in [1.165, 1.54) is 16.3 Å². The number of nitrogens with zero attached hydrogens (tertiary/aromatic N) is 3. The van der Waals surface area contributed by atoms with Crippen LogP contribution in [0.2, 0.25) is 0 Å². The quantitative estimate of drug-likeness (QED) is 0.821. The molecule has 0 saturated heterocycles. The van der Waals surface area contributed by atoms with Gasteiger partial charge in [-0.2, -0.15) is 5.10 Å². The molecule has 20 heavy (non-hydrogen) atoms. The minimum Gasteiger partial charge on any atom is -0.310 e. The topological polar surface area (TPSA) is 55.2 Å². The van der Waals surface area contributed by atoms with Crippen LogP contribution in [-0.2, 0) is 17.8 Å². The number of amides is 1. The van der Waals surface area contributed by atoms with E-state index >= 15 is 0 Å². The standard InChI is InChI=1S/C15H15N3O2/c1-11-6-7-14(19)18(16-11)10-15(20)17-9-8-12-4-2-3-5-13(12)17/h2-7H,8-10H2,1H3. The van der Waals surface area contributed by atoms with Crippen molar-refractivity contribution < 1.29 is 4.79 Å². The lowest BCUT2D eigenvalue weighted by atomic mass is 10.2. The van der Waals surface area contributed by atoms with E-state index in [0.717, 1.165) is 17.8 Å². The third kappa shape index (κ3) is 2.22. The highest BCUT2D eigenvalue weighted by Crippen LogP contribution is 2.27. The summed E-state index contributed by atoms with van der Waals surface area (Å²) in [6, 6.07) is 10.9. The van der Waals surface area contributed by atoms with Crippen molar-refractivity contribution in [3.8, 4) is 0 Å². The van der Waals surface area contributed by atoms with Crippen molar-refractivity contribution in [1.29, 1.82) is 0 Å². The maximum absolute atomic E-state index is 12.4. The molecule has 1 amide bonds. The molecule has 3 rings (SSSR count). The van der Waals surface area contributed by atoms with E-state index in [9.17, 15) is 9.59 Å². The van der Waals surface area contributed by atoms with E-state index in [0.29, 0.717) is 6.54 Å². The van der Waals surface area contributed by atoms with Crippen LogP contribution < -0.4 is 10.5 Å². The summed E-state index contributed by atoms with van der Waals surface area (Å²) in [6.45, 7) is 2.44. The van der Waals surface area contributed by atoms with Crippen LogP contribution in [0.15, 0.2) is 41.2 Å². The van der Waals surface area contributed by atoms with Gasteiger partial charge < -0.3 is 4.90 Å². The SMILES string of the molecule is Cc1ccc(=O)n(CC(=O)N2CCc3ccccc32)n1. The fourth-order valence-electron chi connectivity index (χ4n) is 2.48. The summed E-state index contributed by atoms with van der Waals surface area (Å²) in [5.74, 6) is -0.102. The van der Waals surface area contributed by atoms with Crippen LogP contribution in [0.3, 0.4) is 0 Å². The van der Waals surface area contributed by atoms with Gasteiger partial charge >= 0.3 is 0 Å². The lowest BCUT2D eigenvalue weighted by Gasteiger charge is -2.17. The highest BCUT2D eigenvalue weighted by atomic mass is 16.2. The summed E-state index contributed by atoms with van der Waals surface area (Å²) in [4.78, 5) is 25.8. The number of rotatable bonds is 2. The average Bonchev–Trinajstić information content (AvgIpc) is 2.87. The molecule has 5 nitrogen and oxygen atoms in total. The second kappa shape index (κ2) is 4.92. The summed E-state index contributed by atoms with van der Waals surface area (Å²) in [5.41, 5.74) is 2.58. The van der Waals surface area contributed by atoms with Crippen molar-refractivity contribution in [2.45, 2.75) is 19.9 Å². The molecule has 1 aliphatic heterocycles. The second-order valence-corrected chi connectivity index (χ2v) is 4.89. The van der Waals surface area contributed by atoms with Crippen LogP contribution in [0.1, 0.15) is 11.3 Å². The molecule has 0 bridgehead atoms. The highest BCUT2D eigenvalue weighted by Gasteiger charge is 2.24. The molecule has 0 aliphatic carbocycles. The van der Waals surface area contributed by atoms with Gasteiger partial charge in [-0.3, -0.25) is 9.59 Å². The van der Waals surface area contributed by atoms with Gasteiger partial charge in [0.25, 0.3) is 5.56 Å². The number of carbonyl (C=O) groups is 1. The Morgan fingerprint density at radius 2 is 2.05 bits per heavy atom. The normalized spacial score (nSPS) is 13.3. The number of anilines is 1. The number of aromatic nitrogens is 2. The van der Waals surface area contributed by atoms with Gasteiger partial charge in [0.2, 0.25) is 5.91 Å². The van der Waals surface area contributed by atoms with Gasteiger partial charge in [0.1, 0.15) is 6.54 Å². The van der Waals surface area contributed by atoms with Gasteiger partial charge in [-0.1, -0.05) is 18.2 Å². The van der Waals surface area contributed by atoms with E-state index in [1.807, 2.05) is 24.3 Å². The number of hydrogen-bond acceptors (Lipinski definition) is 3. The number of para-hydroxylation sites is 1. The van der Waals surface area contributed by atoms with E-state index in [4.69, 9.17) is 0 Å². The molecule has 2 aromatic rings. The van der Waals surface area contributed by atoms with Crippen LogP contribution in [-0.4, -0.2) is 22.2 Å². The van der Waals surface area contributed by atoms with Crippen molar-refractivity contribution in [3.05, 3.63) is 58.0 Å². The molecule has 5 heteroatoms. The van der Waals surface area contributed by atoms with E-state index < -0.39 is 0 Å².